The van der Waals surface area contributed by atoms with E-state index in [9.17, 15) is 4.79 Å². The number of nitrogens with zero attached hydrogens (tertiary/aromatic N) is 2. The van der Waals surface area contributed by atoms with Crippen LogP contribution < -0.4 is 18.9 Å². The number of aromatic nitrogens is 2. The first-order valence-electron chi connectivity index (χ1n) is 7.81. The minimum atomic E-state index is -0.142. The maximum atomic E-state index is 12.0. The summed E-state index contributed by atoms with van der Waals surface area (Å²) in [5.41, 5.74) is 1.03. The van der Waals surface area contributed by atoms with Crippen molar-refractivity contribution >= 4 is 16.7 Å². The van der Waals surface area contributed by atoms with Gasteiger partial charge in [-0.1, -0.05) is 0 Å². The molecule has 0 bridgehead atoms. The van der Waals surface area contributed by atoms with E-state index in [4.69, 9.17) is 18.9 Å². The molecule has 26 heavy (non-hydrogen) atoms. The second-order valence-corrected chi connectivity index (χ2v) is 5.42. The van der Waals surface area contributed by atoms with Crippen molar-refractivity contribution in [1.29, 1.82) is 0 Å². The summed E-state index contributed by atoms with van der Waals surface area (Å²) in [6, 6.07) is 8.49. The molecule has 7 nitrogen and oxygen atoms in total. The second-order valence-electron chi connectivity index (χ2n) is 5.42. The van der Waals surface area contributed by atoms with Crippen LogP contribution in [0.2, 0.25) is 0 Å². The van der Waals surface area contributed by atoms with Crippen LogP contribution in [0.1, 0.15) is 17.3 Å². The van der Waals surface area contributed by atoms with Gasteiger partial charge in [-0.25, -0.2) is 9.97 Å². The molecule has 0 spiro atoms. The van der Waals surface area contributed by atoms with Crippen molar-refractivity contribution in [2.75, 3.05) is 21.3 Å². The lowest BCUT2D eigenvalue weighted by molar-refractivity contribution is 0.101. The SMILES string of the molecule is COc1ccc(Oc2ncnc3cc(OC)c(OC)cc23)c(C(C)=O)c1. The first-order valence-corrected chi connectivity index (χ1v) is 7.81. The summed E-state index contributed by atoms with van der Waals surface area (Å²) < 4.78 is 21.7. The Hall–Kier alpha value is -3.35. The molecule has 2 aromatic carbocycles. The number of carbonyl (C=O) groups excluding carboxylic acids is 1. The Morgan fingerprint density at radius 1 is 0.885 bits per heavy atom. The number of rotatable bonds is 6. The summed E-state index contributed by atoms with van der Waals surface area (Å²) in [7, 11) is 4.64. The molecule has 3 aromatic rings. The highest BCUT2D eigenvalue weighted by atomic mass is 16.5. The van der Waals surface area contributed by atoms with Gasteiger partial charge >= 0.3 is 0 Å². The Morgan fingerprint density at radius 2 is 1.62 bits per heavy atom. The second kappa shape index (κ2) is 7.26. The molecule has 0 unspecified atom stereocenters. The van der Waals surface area contributed by atoms with E-state index in [2.05, 4.69) is 9.97 Å². The molecule has 0 amide bonds. The molecule has 0 atom stereocenters. The van der Waals surface area contributed by atoms with Crippen LogP contribution in [0.4, 0.5) is 0 Å². The van der Waals surface area contributed by atoms with Crippen LogP contribution in [0.15, 0.2) is 36.7 Å². The Kier molecular flexibility index (Phi) is 4.88. The molecular formula is C19H18N2O5. The molecule has 0 saturated heterocycles. The third-order valence-corrected chi connectivity index (χ3v) is 3.88. The smallest absolute Gasteiger partial charge is 0.230 e. The van der Waals surface area contributed by atoms with Crippen LogP contribution in [0, 0.1) is 0 Å². The molecule has 0 saturated carbocycles. The first kappa shape index (κ1) is 17.5. The van der Waals surface area contributed by atoms with E-state index in [1.54, 1.807) is 44.6 Å². The fraction of sp³-hybridized carbons (Fsp3) is 0.211. The predicted molar refractivity (Wildman–Crippen MR) is 95.7 cm³/mol. The van der Waals surface area contributed by atoms with Crippen molar-refractivity contribution in [3.8, 4) is 28.9 Å². The monoisotopic (exact) mass is 354 g/mol. The van der Waals surface area contributed by atoms with Crippen LogP contribution in [0.3, 0.4) is 0 Å². The number of Topliss-reactive ketones (excluding diaryl/α,β-unsaturated/α-hetero) is 1. The number of hydrogen-bond donors (Lipinski definition) is 0. The quantitative estimate of drug-likeness (QED) is 0.625. The normalized spacial score (nSPS) is 10.5. The van der Waals surface area contributed by atoms with E-state index in [1.165, 1.54) is 20.4 Å². The minimum absolute atomic E-state index is 0.142. The third kappa shape index (κ3) is 3.23. The summed E-state index contributed by atoms with van der Waals surface area (Å²) in [6.45, 7) is 1.47. The van der Waals surface area contributed by atoms with E-state index in [1.807, 2.05) is 0 Å². The van der Waals surface area contributed by atoms with Crippen LogP contribution in [0.5, 0.6) is 28.9 Å². The van der Waals surface area contributed by atoms with Gasteiger partial charge in [0.2, 0.25) is 5.88 Å². The van der Waals surface area contributed by atoms with Crippen molar-refractivity contribution < 1.29 is 23.7 Å². The molecule has 0 aliphatic heterocycles. The van der Waals surface area contributed by atoms with Gasteiger partial charge in [-0.05, 0) is 31.2 Å². The van der Waals surface area contributed by atoms with Gasteiger partial charge < -0.3 is 18.9 Å². The van der Waals surface area contributed by atoms with E-state index in [-0.39, 0.29) is 5.78 Å². The zero-order chi connectivity index (χ0) is 18.7. The van der Waals surface area contributed by atoms with Gasteiger partial charge in [0, 0.05) is 6.07 Å². The molecular weight excluding hydrogens is 336 g/mol. The Morgan fingerprint density at radius 3 is 2.27 bits per heavy atom. The van der Waals surface area contributed by atoms with Crippen LogP contribution in [-0.2, 0) is 0 Å². The fourth-order valence-electron chi connectivity index (χ4n) is 2.55. The minimum Gasteiger partial charge on any atom is -0.497 e. The maximum Gasteiger partial charge on any atom is 0.230 e. The number of hydrogen-bond acceptors (Lipinski definition) is 7. The lowest BCUT2D eigenvalue weighted by Crippen LogP contribution is -2.00. The van der Waals surface area contributed by atoms with Gasteiger partial charge in [0.1, 0.15) is 17.8 Å². The highest BCUT2D eigenvalue weighted by molar-refractivity contribution is 5.97. The Bertz CT molecular complexity index is 972. The van der Waals surface area contributed by atoms with Crippen LogP contribution >= 0.6 is 0 Å². The number of carbonyl (C=O) groups is 1. The van der Waals surface area contributed by atoms with Gasteiger partial charge in [-0.15, -0.1) is 0 Å². The zero-order valence-electron chi connectivity index (χ0n) is 14.9. The molecule has 134 valence electrons. The summed E-state index contributed by atoms with van der Waals surface area (Å²) >= 11 is 0. The predicted octanol–water partition coefficient (Wildman–Crippen LogP) is 3.65. The fourth-order valence-corrected chi connectivity index (χ4v) is 2.55. The number of methoxy groups -OCH3 is 3. The van der Waals surface area contributed by atoms with Crippen molar-refractivity contribution in [2.45, 2.75) is 6.92 Å². The molecule has 7 heteroatoms. The highest BCUT2D eigenvalue weighted by Crippen LogP contribution is 2.36. The van der Waals surface area contributed by atoms with Crippen molar-refractivity contribution in [3.05, 3.63) is 42.2 Å². The Labute approximate surface area is 150 Å². The largest absolute Gasteiger partial charge is 0.497 e. The topological polar surface area (TPSA) is 79.8 Å². The average molecular weight is 354 g/mol. The van der Waals surface area contributed by atoms with Crippen molar-refractivity contribution in [1.82, 2.24) is 9.97 Å². The number of ketones is 1. The molecule has 0 radical (unpaired) electrons. The van der Waals surface area contributed by atoms with Gasteiger partial charge in [0.25, 0.3) is 0 Å². The van der Waals surface area contributed by atoms with E-state index < -0.39 is 0 Å². The summed E-state index contributed by atoms with van der Waals surface area (Å²) in [5, 5.41) is 0.635. The molecule has 1 aromatic heterocycles. The van der Waals surface area contributed by atoms with Crippen LogP contribution in [0.25, 0.3) is 10.9 Å². The van der Waals surface area contributed by atoms with Gasteiger partial charge in [0.05, 0.1) is 37.8 Å². The molecule has 0 N–H and O–H groups in total. The van der Waals surface area contributed by atoms with E-state index >= 15 is 0 Å². The van der Waals surface area contributed by atoms with Gasteiger partial charge in [-0.3, -0.25) is 4.79 Å². The van der Waals surface area contributed by atoms with Crippen LogP contribution in [-0.4, -0.2) is 37.1 Å². The molecule has 1 heterocycles. The zero-order valence-corrected chi connectivity index (χ0v) is 14.9. The lowest BCUT2D eigenvalue weighted by Gasteiger charge is -2.13. The average Bonchev–Trinajstić information content (AvgIpc) is 2.67. The summed E-state index contributed by atoms with van der Waals surface area (Å²) in [4.78, 5) is 20.4. The third-order valence-electron chi connectivity index (χ3n) is 3.88. The summed E-state index contributed by atoms with van der Waals surface area (Å²) in [5.74, 6) is 2.20. The summed E-state index contributed by atoms with van der Waals surface area (Å²) in [6.07, 6.45) is 1.39. The molecule has 0 aliphatic rings. The molecule has 0 fully saturated rings. The first-order chi connectivity index (χ1) is 12.6. The number of ether oxygens (including phenoxy) is 4. The van der Waals surface area contributed by atoms with Gasteiger partial charge in [0.15, 0.2) is 17.3 Å². The number of fused-ring (bicyclic) bond motifs is 1. The highest BCUT2D eigenvalue weighted by Gasteiger charge is 2.16. The van der Waals surface area contributed by atoms with Gasteiger partial charge in [-0.2, -0.15) is 0 Å². The van der Waals surface area contributed by atoms with E-state index in [0.717, 1.165) is 0 Å². The molecule has 0 aliphatic carbocycles. The number of benzene rings is 2. The van der Waals surface area contributed by atoms with E-state index in [0.29, 0.717) is 45.3 Å². The van der Waals surface area contributed by atoms with Crippen molar-refractivity contribution in [2.24, 2.45) is 0 Å². The standard InChI is InChI=1S/C19H18N2O5/c1-11(22)13-7-12(23-2)5-6-16(13)26-19-14-8-17(24-3)18(25-4)9-15(14)20-10-21-19/h5-10H,1-4H3. The van der Waals surface area contributed by atoms with Crippen molar-refractivity contribution in [3.63, 3.8) is 0 Å². The Balaban J connectivity index is 2.11. The molecule has 3 rings (SSSR count). The maximum absolute atomic E-state index is 12.0. The lowest BCUT2D eigenvalue weighted by atomic mass is 10.1.